The Hall–Kier alpha value is -0.830. The lowest BCUT2D eigenvalue weighted by Gasteiger charge is -2.22. The maximum Gasteiger partial charge on any atom is 0.181 e. The van der Waals surface area contributed by atoms with Gasteiger partial charge in [-0.05, 0) is 49.9 Å². The molecule has 0 unspecified atom stereocenters. The van der Waals surface area contributed by atoms with Crippen molar-refractivity contribution in [2.45, 2.75) is 56.1 Å². The molecule has 0 spiro atoms. The van der Waals surface area contributed by atoms with E-state index in [1.54, 1.807) is 12.1 Å². The van der Waals surface area contributed by atoms with E-state index in [1.807, 2.05) is 19.9 Å². The molecule has 1 aromatic carbocycles. The van der Waals surface area contributed by atoms with Crippen LogP contribution in [0.2, 0.25) is 0 Å². The minimum atomic E-state index is -3.11. The van der Waals surface area contributed by atoms with E-state index < -0.39 is 9.84 Å². The van der Waals surface area contributed by atoms with Gasteiger partial charge in [0.1, 0.15) is 0 Å². The summed E-state index contributed by atoms with van der Waals surface area (Å²) in [6.45, 7) is 3.90. The zero-order valence-corrected chi connectivity index (χ0v) is 11.4. The van der Waals surface area contributed by atoms with Crippen LogP contribution >= 0.6 is 0 Å². The molecular formula is C14H20O2S. The predicted octanol–water partition coefficient (Wildman–Crippen LogP) is 3.41. The van der Waals surface area contributed by atoms with E-state index in [0.29, 0.717) is 4.90 Å². The maximum atomic E-state index is 12.5. The Bertz CT molecular complexity index is 477. The van der Waals surface area contributed by atoms with E-state index in [9.17, 15) is 8.42 Å². The highest BCUT2D eigenvalue weighted by Gasteiger charge is 2.28. The van der Waals surface area contributed by atoms with Crippen molar-refractivity contribution in [2.24, 2.45) is 0 Å². The summed E-state index contributed by atoms with van der Waals surface area (Å²) in [5.41, 5.74) is 2.05. The summed E-state index contributed by atoms with van der Waals surface area (Å²) in [6.07, 6.45) is 4.94. The average molecular weight is 252 g/mol. The first-order chi connectivity index (χ1) is 8.00. The average Bonchev–Trinajstić information content (AvgIpc) is 2.29. The van der Waals surface area contributed by atoms with Crippen LogP contribution in [0.25, 0.3) is 0 Å². The van der Waals surface area contributed by atoms with E-state index in [1.165, 1.54) is 6.42 Å². The topological polar surface area (TPSA) is 34.1 Å². The third-order valence-corrected chi connectivity index (χ3v) is 5.76. The molecule has 2 rings (SSSR count). The molecular weight excluding hydrogens is 232 g/mol. The van der Waals surface area contributed by atoms with Crippen LogP contribution in [0, 0.1) is 13.8 Å². The molecule has 0 bridgehead atoms. The van der Waals surface area contributed by atoms with Crippen molar-refractivity contribution < 1.29 is 8.42 Å². The summed E-state index contributed by atoms with van der Waals surface area (Å²) in [5, 5.41) is -0.155. The van der Waals surface area contributed by atoms with Gasteiger partial charge < -0.3 is 0 Å². The fourth-order valence-corrected chi connectivity index (χ4v) is 4.70. The van der Waals surface area contributed by atoms with Gasteiger partial charge >= 0.3 is 0 Å². The van der Waals surface area contributed by atoms with Gasteiger partial charge in [-0.15, -0.1) is 0 Å². The fraction of sp³-hybridized carbons (Fsp3) is 0.571. The van der Waals surface area contributed by atoms with Crippen LogP contribution in [0.15, 0.2) is 23.1 Å². The normalized spacial score (nSPS) is 18.2. The molecule has 0 N–H and O–H groups in total. The Labute approximate surface area is 104 Å². The number of hydrogen-bond donors (Lipinski definition) is 0. The van der Waals surface area contributed by atoms with Crippen LogP contribution in [0.5, 0.6) is 0 Å². The SMILES string of the molecule is Cc1cc(C)cc(S(=O)(=O)C2CCCCC2)c1. The van der Waals surface area contributed by atoms with Crippen LogP contribution in [0.3, 0.4) is 0 Å². The second-order valence-electron chi connectivity index (χ2n) is 5.13. The first-order valence-electron chi connectivity index (χ1n) is 6.32. The molecule has 0 radical (unpaired) electrons. The largest absolute Gasteiger partial charge is 0.223 e. The highest BCUT2D eigenvalue weighted by molar-refractivity contribution is 7.92. The molecule has 94 valence electrons. The van der Waals surface area contributed by atoms with E-state index in [4.69, 9.17) is 0 Å². The van der Waals surface area contributed by atoms with Crippen molar-refractivity contribution in [3.8, 4) is 0 Å². The third-order valence-electron chi connectivity index (χ3n) is 3.51. The van der Waals surface area contributed by atoms with Gasteiger partial charge in [0.15, 0.2) is 9.84 Å². The third kappa shape index (κ3) is 2.71. The van der Waals surface area contributed by atoms with Gasteiger partial charge in [-0.25, -0.2) is 8.42 Å². The van der Waals surface area contributed by atoms with Crippen LogP contribution in [0.1, 0.15) is 43.2 Å². The second kappa shape index (κ2) is 4.81. The molecule has 0 amide bonds. The van der Waals surface area contributed by atoms with E-state index in [-0.39, 0.29) is 5.25 Å². The van der Waals surface area contributed by atoms with E-state index in [0.717, 1.165) is 36.8 Å². The molecule has 0 saturated heterocycles. The second-order valence-corrected chi connectivity index (χ2v) is 7.36. The molecule has 1 aliphatic carbocycles. The van der Waals surface area contributed by atoms with Crippen molar-refractivity contribution in [2.75, 3.05) is 0 Å². The van der Waals surface area contributed by atoms with Crippen LogP contribution in [-0.4, -0.2) is 13.7 Å². The van der Waals surface area contributed by atoms with Gasteiger partial charge in [-0.3, -0.25) is 0 Å². The summed E-state index contributed by atoms with van der Waals surface area (Å²) < 4.78 is 25.0. The standard InChI is InChI=1S/C14H20O2S/c1-11-8-12(2)10-14(9-11)17(15,16)13-6-4-3-5-7-13/h8-10,13H,3-7H2,1-2H3. The smallest absolute Gasteiger partial charge is 0.181 e. The van der Waals surface area contributed by atoms with Gasteiger partial charge in [-0.2, -0.15) is 0 Å². The van der Waals surface area contributed by atoms with Gasteiger partial charge in [0.05, 0.1) is 10.1 Å². The Morgan fingerprint density at radius 2 is 1.47 bits per heavy atom. The molecule has 0 aromatic heterocycles. The number of aryl methyl sites for hydroxylation is 2. The van der Waals surface area contributed by atoms with E-state index >= 15 is 0 Å². The predicted molar refractivity (Wildman–Crippen MR) is 70.0 cm³/mol. The quantitative estimate of drug-likeness (QED) is 0.808. The molecule has 1 saturated carbocycles. The molecule has 1 aromatic rings. The zero-order valence-electron chi connectivity index (χ0n) is 10.6. The lowest BCUT2D eigenvalue weighted by atomic mass is 10.0. The van der Waals surface area contributed by atoms with Gasteiger partial charge in [0, 0.05) is 0 Å². The van der Waals surface area contributed by atoms with Gasteiger partial charge in [0.25, 0.3) is 0 Å². The molecule has 2 nitrogen and oxygen atoms in total. The van der Waals surface area contributed by atoms with Crippen molar-refractivity contribution in [1.82, 2.24) is 0 Å². The minimum Gasteiger partial charge on any atom is -0.223 e. The Balaban J connectivity index is 2.36. The summed E-state index contributed by atoms with van der Waals surface area (Å²) in [6, 6.07) is 5.62. The summed E-state index contributed by atoms with van der Waals surface area (Å²) >= 11 is 0. The highest BCUT2D eigenvalue weighted by Crippen LogP contribution is 2.29. The maximum absolute atomic E-state index is 12.5. The van der Waals surface area contributed by atoms with Crippen LogP contribution in [-0.2, 0) is 9.84 Å². The number of hydrogen-bond acceptors (Lipinski definition) is 2. The first-order valence-corrected chi connectivity index (χ1v) is 7.87. The Kier molecular flexibility index (Phi) is 3.57. The van der Waals surface area contributed by atoms with Gasteiger partial charge in [-0.1, -0.05) is 25.3 Å². The summed E-state index contributed by atoms with van der Waals surface area (Å²) in [7, 11) is -3.11. The van der Waals surface area contributed by atoms with Crippen molar-refractivity contribution in [3.05, 3.63) is 29.3 Å². The minimum absolute atomic E-state index is 0.155. The molecule has 17 heavy (non-hydrogen) atoms. The molecule has 1 fully saturated rings. The number of benzene rings is 1. The zero-order chi connectivity index (χ0) is 12.5. The van der Waals surface area contributed by atoms with Crippen molar-refractivity contribution >= 4 is 9.84 Å². The molecule has 0 heterocycles. The van der Waals surface area contributed by atoms with Crippen molar-refractivity contribution in [3.63, 3.8) is 0 Å². The number of rotatable bonds is 2. The highest BCUT2D eigenvalue weighted by atomic mass is 32.2. The Morgan fingerprint density at radius 1 is 0.941 bits per heavy atom. The molecule has 0 aliphatic heterocycles. The molecule has 1 aliphatic rings. The summed E-state index contributed by atoms with van der Waals surface area (Å²) in [4.78, 5) is 0.516. The van der Waals surface area contributed by atoms with Crippen LogP contribution in [0.4, 0.5) is 0 Å². The van der Waals surface area contributed by atoms with Gasteiger partial charge in [0.2, 0.25) is 0 Å². The van der Waals surface area contributed by atoms with E-state index in [2.05, 4.69) is 0 Å². The molecule has 3 heteroatoms. The molecule has 0 atom stereocenters. The first kappa shape index (κ1) is 12.6. The van der Waals surface area contributed by atoms with Crippen molar-refractivity contribution in [1.29, 1.82) is 0 Å². The lowest BCUT2D eigenvalue weighted by Crippen LogP contribution is -2.24. The monoisotopic (exact) mass is 252 g/mol. The Morgan fingerprint density at radius 3 is 2.00 bits per heavy atom. The lowest BCUT2D eigenvalue weighted by molar-refractivity contribution is 0.483. The number of sulfone groups is 1. The summed E-state index contributed by atoms with van der Waals surface area (Å²) in [5.74, 6) is 0. The van der Waals surface area contributed by atoms with Crippen LogP contribution < -0.4 is 0 Å². The fourth-order valence-electron chi connectivity index (χ4n) is 2.67.